The lowest BCUT2D eigenvalue weighted by Crippen LogP contribution is -2.44. The number of hydrogen-bond donors (Lipinski definition) is 2. The number of carbonyl (C=O) groups excluding carboxylic acids is 3. The molecule has 4 aromatic rings. The molecule has 0 radical (unpaired) electrons. The number of pyridine rings is 1. The lowest BCUT2D eigenvalue weighted by molar-refractivity contribution is -0.128. The number of rotatable bonds is 1. The summed E-state index contributed by atoms with van der Waals surface area (Å²) in [7, 11) is 1.34. The van der Waals surface area contributed by atoms with Crippen LogP contribution in [0.25, 0.3) is 0 Å². The Balaban J connectivity index is 0.000000280. The summed E-state index contributed by atoms with van der Waals surface area (Å²) in [6.45, 7) is 21.1. The van der Waals surface area contributed by atoms with Crippen molar-refractivity contribution < 1.29 is 28.1 Å². The molecule has 8 rings (SSSR count). The summed E-state index contributed by atoms with van der Waals surface area (Å²) in [6.07, 6.45) is 19.6. The zero-order valence-corrected chi connectivity index (χ0v) is 46.1. The summed E-state index contributed by atoms with van der Waals surface area (Å²) in [6, 6.07) is 8.25. The Bertz CT molecular complexity index is 2160. The van der Waals surface area contributed by atoms with Crippen LogP contribution in [0.5, 0.6) is 0 Å². The van der Waals surface area contributed by atoms with Gasteiger partial charge in [0.25, 0.3) is 0 Å². The second kappa shape index (κ2) is 30.8. The molecular formula is C47H82N13O6P3. The van der Waals surface area contributed by atoms with Gasteiger partial charge in [-0.25, -0.2) is 19.6 Å². The van der Waals surface area contributed by atoms with Gasteiger partial charge in [-0.1, -0.05) is 6.07 Å². The Labute approximate surface area is 412 Å². The number of amides is 5. The van der Waals surface area contributed by atoms with Crippen LogP contribution in [0.15, 0.2) is 67.6 Å². The third kappa shape index (κ3) is 26.2. The molecule has 4 aliphatic heterocycles. The first-order valence-corrected chi connectivity index (χ1v) is 31.1. The van der Waals surface area contributed by atoms with Crippen molar-refractivity contribution in [3.8, 4) is 0 Å². The molecule has 0 spiro atoms. The van der Waals surface area contributed by atoms with E-state index in [1.165, 1.54) is 24.0 Å². The maximum absolute atomic E-state index is 11.6. The number of hydrogen-bond acceptors (Lipinski definition) is 12. The van der Waals surface area contributed by atoms with Gasteiger partial charge in [0.2, 0.25) is 5.91 Å². The van der Waals surface area contributed by atoms with Crippen LogP contribution in [0, 0.1) is 27.7 Å². The average molecular weight is 1020 g/mol. The molecule has 8 heterocycles. The van der Waals surface area contributed by atoms with E-state index in [0.29, 0.717) is 82.3 Å². The standard InChI is InChI=1S/C9H15N3.C8H17N2O2P.C7H15N2O2P.C7H14NO2P.C6H7N.C5H8N2.C5H6N2/c1-8-6-11-12(7-8)9-2-4-10-5-3-9;1-9(2)8(11)10-4-6-13(3,12)7-5-10;1-8-7(10)9-3-5-12(2,11)6-4-9;1-7(9)8-3-5-11(2,10)6-4-8;1-6-4-2-3-5-7-6;1-5-3-6-7(2)4-5;1-5-6-3-2-4-7-5/h6-7,9-10H,2-5H2,1H3;4-7H2,1-3H3;3-6H2,1-2H3,(H,8,10);3-6H2,1-2H3;2-5H,1H3;3-4H,1-2H3;2-4H,1H3. The van der Waals surface area contributed by atoms with Gasteiger partial charge >= 0.3 is 12.1 Å². The quantitative estimate of drug-likeness (QED) is 0.196. The van der Waals surface area contributed by atoms with Crippen molar-refractivity contribution in [1.29, 1.82) is 0 Å². The molecule has 22 heteroatoms. The highest BCUT2D eigenvalue weighted by Gasteiger charge is 2.28. The predicted octanol–water partition coefficient (Wildman–Crippen LogP) is 6.47. The van der Waals surface area contributed by atoms with E-state index in [1.807, 2.05) is 84.6 Å². The van der Waals surface area contributed by atoms with E-state index in [-0.39, 0.29) is 18.0 Å². The number of carbonyl (C=O) groups is 3. The maximum Gasteiger partial charge on any atom is 0.319 e. The topological polar surface area (TPSA) is 214 Å². The smallest absolute Gasteiger partial charge is 0.319 e. The van der Waals surface area contributed by atoms with Crippen molar-refractivity contribution in [2.45, 2.75) is 53.5 Å². The molecule has 69 heavy (non-hydrogen) atoms. The Morgan fingerprint density at radius 1 is 0.667 bits per heavy atom. The molecule has 0 unspecified atom stereocenters. The Morgan fingerprint density at radius 2 is 1.13 bits per heavy atom. The molecular weight excluding hydrogens is 936 g/mol. The van der Waals surface area contributed by atoms with Crippen LogP contribution in [0.4, 0.5) is 9.59 Å². The van der Waals surface area contributed by atoms with Crippen molar-refractivity contribution in [3.63, 3.8) is 0 Å². The number of nitrogens with one attached hydrogen (secondary N) is 2. The summed E-state index contributed by atoms with van der Waals surface area (Å²) < 4.78 is 38.5. The van der Waals surface area contributed by atoms with Gasteiger partial charge in [0.1, 0.15) is 5.82 Å². The second-order valence-corrected chi connectivity index (χ2v) is 28.8. The molecule has 19 nitrogen and oxygen atoms in total. The summed E-state index contributed by atoms with van der Waals surface area (Å²) >= 11 is 0. The molecule has 2 N–H and O–H groups in total. The minimum absolute atomic E-state index is 0.0275. The molecule has 4 saturated heterocycles. The van der Waals surface area contributed by atoms with E-state index in [9.17, 15) is 28.1 Å². The number of urea groups is 2. The molecule has 5 amide bonds. The minimum atomic E-state index is -1.91. The second-order valence-electron chi connectivity index (χ2n) is 18.4. The maximum atomic E-state index is 11.6. The van der Waals surface area contributed by atoms with Gasteiger partial charge < -0.3 is 43.9 Å². The fourth-order valence-electron chi connectivity index (χ4n) is 6.88. The number of aromatic nitrogens is 7. The highest BCUT2D eigenvalue weighted by Crippen LogP contribution is 2.44. The van der Waals surface area contributed by atoms with Crippen LogP contribution >= 0.6 is 21.4 Å². The summed E-state index contributed by atoms with van der Waals surface area (Å²) in [5, 5.41) is 14.2. The van der Waals surface area contributed by atoms with E-state index in [0.717, 1.165) is 24.6 Å². The van der Waals surface area contributed by atoms with Crippen LogP contribution in [0.1, 0.15) is 48.5 Å². The summed E-state index contributed by atoms with van der Waals surface area (Å²) in [5.41, 5.74) is 3.54. The molecule has 386 valence electrons. The third-order valence-corrected chi connectivity index (χ3v) is 18.3. The molecule has 4 aromatic heterocycles. The zero-order valence-electron chi connectivity index (χ0n) is 43.5. The monoisotopic (exact) mass is 1020 g/mol. The summed E-state index contributed by atoms with van der Waals surface area (Å²) in [4.78, 5) is 51.9. The van der Waals surface area contributed by atoms with Gasteiger partial charge in [-0.3, -0.25) is 19.1 Å². The van der Waals surface area contributed by atoms with Crippen LogP contribution < -0.4 is 10.6 Å². The van der Waals surface area contributed by atoms with Gasteiger partial charge in [-0.15, -0.1) is 0 Å². The molecule has 0 bridgehead atoms. The largest absolute Gasteiger partial charge is 0.342 e. The van der Waals surface area contributed by atoms with Gasteiger partial charge in [0, 0.05) is 148 Å². The molecule has 4 aliphatic rings. The van der Waals surface area contributed by atoms with Crippen LogP contribution in [-0.4, -0.2) is 203 Å². The third-order valence-electron chi connectivity index (χ3n) is 11.4. The average Bonchev–Trinajstić information content (AvgIpc) is 3.93. The normalized spacial score (nSPS) is 17.7. The van der Waals surface area contributed by atoms with Crippen LogP contribution in [0.3, 0.4) is 0 Å². The SMILES string of the molecule is CC(=O)N1CCP(C)(=O)CC1.CN(C)C(=O)N1CCP(C)(=O)CC1.CNC(=O)N1CCP(C)(=O)CC1.Cc1ccccn1.Cc1cnn(C)c1.Cc1cnn(C2CCNCC2)c1.Cc1ncccn1. The lowest BCUT2D eigenvalue weighted by Gasteiger charge is -2.32. The molecule has 0 aromatic carbocycles. The van der Waals surface area contributed by atoms with Crippen LogP contribution in [-0.2, 0) is 25.5 Å². The van der Waals surface area contributed by atoms with E-state index in [1.54, 1.807) is 77.0 Å². The first-order chi connectivity index (χ1) is 32.4. The summed E-state index contributed by atoms with van der Waals surface area (Å²) in [5.74, 6) is 0.923. The molecule has 0 atom stereocenters. The minimum Gasteiger partial charge on any atom is -0.342 e. The van der Waals surface area contributed by atoms with Crippen molar-refractivity contribution in [2.75, 3.05) is 130 Å². The first kappa shape index (κ1) is 60.4. The molecule has 0 saturated carbocycles. The number of piperidine rings is 1. The zero-order chi connectivity index (χ0) is 51.6. The highest BCUT2D eigenvalue weighted by molar-refractivity contribution is 7.63. The van der Waals surface area contributed by atoms with Crippen molar-refractivity contribution in [2.24, 2.45) is 7.05 Å². The first-order valence-electron chi connectivity index (χ1n) is 23.6. The van der Waals surface area contributed by atoms with E-state index < -0.39 is 21.4 Å². The van der Waals surface area contributed by atoms with Gasteiger partial charge in [-0.2, -0.15) is 10.2 Å². The van der Waals surface area contributed by atoms with E-state index >= 15 is 0 Å². The Kier molecular flexibility index (Phi) is 27.0. The fraction of sp³-hybridized carbons (Fsp3) is 0.617. The van der Waals surface area contributed by atoms with Crippen molar-refractivity contribution in [3.05, 3.63) is 90.3 Å². The lowest BCUT2D eigenvalue weighted by atomic mass is 10.1. The number of aryl methyl sites for hydroxylation is 5. The van der Waals surface area contributed by atoms with E-state index in [4.69, 9.17) is 0 Å². The predicted molar refractivity (Wildman–Crippen MR) is 281 cm³/mol. The number of nitrogens with zero attached hydrogens (tertiary/aromatic N) is 11. The van der Waals surface area contributed by atoms with Crippen LogP contribution in [0.2, 0.25) is 0 Å². The molecule has 0 aliphatic carbocycles. The van der Waals surface area contributed by atoms with Crippen molar-refractivity contribution in [1.82, 2.24) is 64.7 Å². The fourth-order valence-corrected chi connectivity index (χ4v) is 11.5. The van der Waals surface area contributed by atoms with Gasteiger partial charge in [0.05, 0.1) is 39.9 Å². The Morgan fingerprint density at radius 3 is 1.45 bits per heavy atom. The van der Waals surface area contributed by atoms with Gasteiger partial charge in [0.15, 0.2) is 0 Å². The van der Waals surface area contributed by atoms with Gasteiger partial charge in [-0.05, 0) is 103 Å². The van der Waals surface area contributed by atoms with Crippen molar-refractivity contribution >= 4 is 39.4 Å². The highest BCUT2D eigenvalue weighted by atomic mass is 31.2. The Hall–Kier alpha value is -4.69. The molecule has 4 fully saturated rings. The van der Waals surface area contributed by atoms with E-state index in [2.05, 4.69) is 53.6 Å².